The Balaban J connectivity index is 1.63. The van der Waals surface area contributed by atoms with Crippen LogP contribution in [-0.2, 0) is 9.53 Å². The van der Waals surface area contributed by atoms with Crippen molar-refractivity contribution < 1.29 is 9.53 Å². The molecule has 22 heavy (non-hydrogen) atoms. The highest BCUT2D eigenvalue weighted by Gasteiger charge is 2.23. The fourth-order valence-electron chi connectivity index (χ4n) is 2.30. The molecule has 6 heteroatoms. The number of hydrogen-bond donors (Lipinski definition) is 0. The topological polar surface area (TPSA) is 58.6 Å². The minimum absolute atomic E-state index is 0.126. The molecule has 1 aromatic heterocycles. The van der Waals surface area contributed by atoms with Gasteiger partial charge in [-0.2, -0.15) is 0 Å². The van der Waals surface area contributed by atoms with Gasteiger partial charge in [0.2, 0.25) is 5.95 Å². The monoisotopic (exact) mass is 306 g/mol. The molecule has 122 valence electrons. The molecule has 1 saturated heterocycles. The van der Waals surface area contributed by atoms with Crippen LogP contribution in [0.15, 0.2) is 18.5 Å². The van der Waals surface area contributed by atoms with Gasteiger partial charge in [-0.25, -0.2) is 9.97 Å². The van der Waals surface area contributed by atoms with E-state index in [2.05, 4.69) is 19.8 Å². The van der Waals surface area contributed by atoms with Crippen molar-refractivity contribution in [2.75, 3.05) is 44.2 Å². The van der Waals surface area contributed by atoms with Crippen molar-refractivity contribution in [2.45, 2.75) is 27.2 Å². The van der Waals surface area contributed by atoms with Crippen LogP contribution in [0.4, 0.5) is 5.95 Å². The SMILES string of the molecule is CC(C)(C)C(=O)OCCCN1CCN(c2ncccn2)CC1. The third-order valence-electron chi connectivity index (χ3n) is 3.67. The fraction of sp³-hybridized carbons (Fsp3) is 0.688. The maximum Gasteiger partial charge on any atom is 0.311 e. The number of hydrogen-bond acceptors (Lipinski definition) is 6. The lowest BCUT2D eigenvalue weighted by Gasteiger charge is -2.34. The van der Waals surface area contributed by atoms with Gasteiger partial charge in [-0.3, -0.25) is 9.69 Å². The predicted octanol–water partition coefficient (Wildman–Crippen LogP) is 1.58. The Labute approximate surface area is 132 Å². The third kappa shape index (κ3) is 4.94. The minimum atomic E-state index is -0.415. The molecule has 0 aromatic carbocycles. The van der Waals surface area contributed by atoms with Gasteiger partial charge in [-0.05, 0) is 33.3 Å². The number of anilines is 1. The highest BCUT2D eigenvalue weighted by Crippen LogP contribution is 2.15. The zero-order valence-corrected chi connectivity index (χ0v) is 13.8. The molecule has 0 atom stereocenters. The van der Waals surface area contributed by atoms with E-state index < -0.39 is 5.41 Å². The van der Waals surface area contributed by atoms with E-state index in [-0.39, 0.29) is 5.97 Å². The summed E-state index contributed by atoms with van der Waals surface area (Å²) in [6.07, 6.45) is 4.43. The molecular weight excluding hydrogens is 280 g/mol. The van der Waals surface area contributed by atoms with Crippen LogP contribution >= 0.6 is 0 Å². The molecule has 1 fully saturated rings. The summed E-state index contributed by atoms with van der Waals surface area (Å²) in [5.41, 5.74) is -0.415. The first-order valence-electron chi connectivity index (χ1n) is 7.88. The molecule has 1 aliphatic rings. The molecule has 0 radical (unpaired) electrons. The quantitative estimate of drug-likeness (QED) is 0.608. The number of carbonyl (C=O) groups excluding carboxylic acids is 1. The van der Waals surface area contributed by atoms with E-state index in [0.717, 1.165) is 45.1 Å². The molecule has 2 rings (SSSR count). The van der Waals surface area contributed by atoms with Crippen molar-refractivity contribution >= 4 is 11.9 Å². The summed E-state index contributed by atoms with van der Waals surface area (Å²) in [7, 11) is 0. The van der Waals surface area contributed by atoms with E-state index in [4.69, 9.17) is 4.74 Å². The van der Waals surface area contributed by atoms with Crippen molar-refractivity contribution in [1.29, 1.82) is 0 Å². The Morgan fingerprint density at radius 2 is 1.82 bits per heavy atom. The lowest BCUT2D eigenvalue weighted by molar-refractivity contribution is -0.153. The Kier molecular flexibility index (Phi) is 5.71. The fourth-order valence-corrected chi connectivity index (χ4v) is 2.30. The number of nitrogens with zero attached hydrogens (tertiary/aromatic N) is 4. The van der Waals surface area contributed by atoms with Crippen LogP contribution in [0, 0.1) is 5.41 Å². The average Bonchev–Trinajstić information content (AvgIpc) is 2.52. The van der Waals surface area contributed by atoms with E-state index >= 15 is 0 Å². The Bertz CT molecular complexity index is 465. The van der Waals surface area contributed by atoms with Crippen LogP contribution in [0.3, 0.4) is 0 Å². The van der Waals surface area contributed by atoms with Gasteiger partial charge in [0.05, 0.1) is 12.0 Å². The summed E-state index contributed by atoms with van der Waals surface area (Å²) < 4.78 is 5.29. The highest BCUT2D eigenvalue weighted by atomic mass is 16.5. The summed E-state index contributed by atoms with van der Waals surface area (Å²) in [5.74, 6) is 0.680. The molecule has 0 bridgehead atoms. The van der Waals surface area contributed by atoms with E-state index in [1.165, 1.54) is 0 Å². The molecule has 0 amide bonds. The number of aromatic nitrogens is 2. The van der Waals surface area contributed by atoms with Gasteiger partial charge in [0.15, 0.2) is 0 Å². The zero-order valence-electron chi connectivity index (χ0n) is 13.8. The van der Waals surface area contributed by atoms with Crippen LogP contribution in [-0.4, -0.2) is 60.2 Å². The first kappa shape index (κ1) is 16.7. The molecule has 6 nitrogen and oxygen atoms in total. The van der Waals surface area contributed by atoms with E-state index in [1.54, 1.807) is 12.4 Å². The molecule has 1 aromatic rings. The molecule has 0 unspecified atom stereocenters. The number of esters is 1. The Morgan fingerprint density at radius 1 is 1.18 bits per heavy atom. The second kappa shape index (κ2) is 7.54. The lowest BCUT2D eigenvalue weighted by atomic mass is 9.97. The summed E-state index contributed by atoms with van der Waals surface area (Å²) in [6, 6.07) is 1.83. The van der Waals surface area contributed by atoms with Crippen molar-refractivity contribution in [1.82, 2.24) is 14.9 Å². The largest absolute Gasteiger partial charge is 0.465 e. The Morgan fingerprint density at radius 3 is 2.41 bits per heavy atom. The second-order valence-corrected chi connectivity index (χ2v) is 6.62. The van der Waals surface area contributed by atoms with Gasteiger partial charge in [0.25, 0.3) is 0 Å². The van der Waals surface area contributed by atoms with Gasteiger partial charge >= 0.3 is 5.97 Å². The predicted molar refractivity (Wildman–Crippen MR) is 85.7 cm³/mol. The molecule has 1 aliphatic heterocycles. The van der Waals surface area contributed by atoms with Crippen molar-refractivity contribution in [2.24, 2.45) is 5.41 Å². The lowest BCUT2D eigenvalue weighted by Crippen LogP contribution is -2.47. The summed E-state index contributed by atoms with van der Waals surface area (Å²) in [4.78, 5) is 24.8. The standard InChI is InChI=1S/C16H26N4O2/c1-16(2,3)14(21)22-13-5-8-19-9-11-20(12-10-19)15-17-6-4-7-18-15/h4,6-7H,5,8-13H2,1-3H3. The van der Waals surface area contributed by atoms with Crippen LogP contribution in [0.25, 0.3) is 0 Å². The van der Waals surface area contributed by atoms with Gasteiger partial charge in [-0.15, -0.1) is 0 Å². The van der Waals surface area contributed by atoms with Gasteiger partial charge in [0.1, 0.15) is 0 Å². The smallest absolute Gasteiger partial charge is 0.311 e. The maximum absolute atomic E-state index is 11.7. The first-order valence-corrected chi connectivity index (χ1v) is 7.88. The molecule has 0 N–H and O–H groups in total. The van der Waals surface area contributed by atoms with Crippen LogP contribution in [0.5, 0.6) is 0 Å². The highest BCUT2D eigenvalue weighted by molar-refractivity contribution is 5.75. The molecule has 0 saturated carbocycles. The van der Waals surface area contributed by atoms with E-state index in [0.29, 0.717) is 6.61 Å². The summed E-state index contributed by atoms with van der Waals surface area (Å²) >= 11 is 0. The number of piperazine rings is 1. The minimum Gasteiger partial charge on any atom is -0.465 e. The van der Waals surface area contributed by atoms with Crippen LogP contribution in [0.2, 0.25) is 0 Å². The van der Waals surface area contributed by atoms with E-state index in [1.807, 2.05) is 26.8 Å². The first-order chi connectivity index (χ1) is 10.5. The van der Waals surface area contributed by atoms with Crippen molar-refractivity contribution in [3.05, 3.63) is 18.5 Å². The average molecular weight is 306 g/mol. The maximum atomic E-state index is 11.7. The number of carbonyl (C=O) groups is 1. The van der Waals surface area contributed by atoms with Gasteiger partial charge < -0.3 is 9.64 Å². The molecule has 0 spiro atoms. The van der Waals surface area contributed by atoms with E-state index in [9.17, 15) is 4.79 Å². The van der Waals surface area contributed by atoms with Crippen molar-refractivity contribution in [3.8, 4) is 0 Å². The molecule has 2 heterocycles. The summed E-state index contributed by atoms with van der Waals surface area (Å²) in [6.45, 7) is 10.9. The summed E-state index contributed by atoms with van der Waals surface area (Å²) in [5, 5.41) is 0. The number of ether oxygens (including phenoxy) is 1. The van der Waals surface area contributed by atoms with Crippen LogP contribution in [0.1, 0.15) is 27.2 Å². The Hall–Kier alpha value is -1.69. The van der Waals surface area contributed by atoms with Gasteiger partial charge in [0, 0.05) is 45.1 Å². The normalized spacial score (nSPS) is 16.6. The van der Waals surface area contributed by atoms with Gasteiger partial charge in [-0.1, -0.05) is 0 Å². The van der Waals surface area contributed by atoms with Crippen LogP contribution < -0.4 is 4.90 Å². The molecular formula is C16H26N4O2. The molecule has 0 aliphatic carbocycles. The number of rotatable bonds is 5. The third-order valence-corrected chi connectivity index (χ3v) is 3.67. The zero-order chi connectivity index (χ0) is 16.0. The van der Waals surface area contributed by atoms with Crippen molar-refractivity contribution in [3.63, 3.8) is 0 Å². The second-order valence-electron chi connectivity index (χ2n) is 6.62.